The van der Waals surface area contributed by atoms with Crippen molar-refractivity contribution in [2.75, 3.05) is 20.2 Å². The van der Waals surface area contributed by atoms with Crippen LogP contribution in [0.2, 0.25) is 0 Å². The summed E-state index contributed by atoms with van der Waals surface area (Å²) in [5.41, 5.74) is 8.16. The fraction of sp³-hybridized carbons (Fsp3) is 0.625. The van der Waals surface area contributed by atoms with Crippen LogP contribution in [0.3, 0.4) is 0 Å². The van der Waals surface area contributed by atoms with Crippen LogP contribution in [0, 0.1) is 0 Å². The number of nitrogens with zero attached hydrogens (tertiary/aromatic N) is 1. The molecule has 3 nitrogen and oxygen atoms in total. The molecule has 0 radical (unpaired) electrons. The maximum absolute atomic E-state index is 5.65. The van der Waals surface area contributed by atoms with E-state index in [0.29, 0.717) is 12.6 Å². The van der Waals surface area contributed by atoms with E-state index in [1.807, 2.05) is 0 Å². The average Bonchev–Trinajstić information content (AvgIpc) is 2.93. The van der Waals surface area contributed by atoms with Gasteiger partial charge in [0, 0.05) is 19.7 Å². The first-order valence-electron chi connectivity index (χ1n) is 7.36. The summed E-state index contributed by atoms with van der Waals surface area (Å²) < 4.78 is 5.65. The molecule has 0 saturated carbocycles. The normalized spacial score (nSPS) is 19.2. The molecule has 1 saturated heterocycles. The summed E-state index contributed by atoms with van der Waals surface area (Å²) in [6, 6.07) is 8.60. The Hall–Kier alpha value is -0.900. The lowest BCUT2D eigenvalue weighted by atomic mass is 10.1. The Kier molecular flexibility index (Phi) is 5.83. The van der Waals surface area contributed by atoms with E-state index in [0.717, 1.165) is 19.7 Å². The molecule has 19 heavy (non-hydrogen) atoms. The number of ether oxygens (including phenoxy) is 1. The van der Waals surface area contributed by atoms with Gasteiger partial charge in [0.1, 0.15) is 0 Å². The minimum atomic E-state index is 0.525. The summed E-state index contributed by atoms with van der Waals surface area (Å²) >= 11 is 0. The average molecular weight is 262 g/mol. The van der Waals surface area contributed by atoms with E-state index in [4.69, 9.17) is 10.5 Å². The summed E-state index contributed by atoms with van der Waals surface area (Å²) in [4.78, 5) is 2.38. The Labute approximate surface area is 116 Å². The zero-order valence-corrected chi connectivity index (χ0v) is 12.0. The first-order chi connectivity index (χ1) is 9.28. The van der Waals surface area contributed by atoms with Gasteiger partial charge in [0.15, 0.2) is 0 Å². The monoisotopic (exact) mass is 262 g/mol. The van der Waals surface area contributed by atoms with E-state index in [-0.39, 0.29) is 0 Å². The second kappa shape index (κ2) is 7.63. The first kappa shape index (κ1) is 14.5. The van der Waals surface area contributed by atoms with Crippen LogP contribution in [-0.2, 0) is 17.8 Å². The number of hydrogen-bond donors (Lipinski definition) is 1. The van der Waals surface area contributed by atoms with Crippen LogP contribution in [0.25, 0.3) is 0 Å². The fourth-order valence-electron chi connectivity index (χ4n) is 2.63. The zero-order valence-electron chi connectivity index (χ0n) is 12.0. The second-order valence-electron chi connectivity index (χ2n) is 5.54. The van der Waals surface area contributed by atoms with E-state index in [9.17, 15) is 0 Å². The van der Waals surface area contributed by atoms with Crippen LogP contribution in [0.1, 0.15) is 36.8 Å². The van der Waals surface area contributed by atoms with Gasteiger partial charge in [0.05, 0.1) is 6.10 Å². The molecule has 0 bridgehead atoms. The van der Waals surface area contributed by atoms with Crippen LogP contribution in [0.5, 0.6) is 0 Å². The maximum Gasteiger partial charge on any atom is 0.0576 e. The van der Waals surface area contributed by atoms with E-state index >= 15 is 0 Å². The quantitative estimate of drug-likeness (QED) is 0.820. The highest BCUT2D eigenvalue weighted by Crippen LogP contribution is 2.17. The number of rotatable bonds is 7. The lowest BCUT2D eigenvalue weighted by Crippen LogP contribution is -2.20. The van der Waals surface area contributed by atoms with E-state index in [1.54, 1.807) is 0 Å². The lowest BCUT2D eigenvalue weighted by Gasteiger charge is -2.18. The molecule has 1 aliphatic heterocycles. The van der Waals surface area contributed by atoms with Crippen LogP contribution < -0.4 is 5.73 Å². The molecule has 2 rings (SSSR count). The van der Waals surface area contributed by atoms with Gasteiger partial charge in [-0.3, -0.25) is 0 Å². The summed E-state index contributed by atoms with van der Waals surface area (Å²) in [6.45, 7) is 3.74. The molecule has 0 aliphatic carbocycles. The van der Waals surface area contributed by atoms with Gasteiger partial charge in [-0.05, 0) is 50.4 Å². The predicted octanol–water partition coefficient (Wildman–Crippen LogP) is 2.54. The van der Waals surface area contributed by atoms with E-state index < -0.39 is 0 Å². The van der Waals surface area contributed by atoms with E-state index in [2.05, 4.69) is 36.2 Å². The molecular weight excluding hydrogens is 236 g/mol. The third-order valence-corrected chi connectivity index (χ3v) is 3.80. The Morgan fingerprint density at radius 1 is 1.26 bits per heavy atom. The van der Waals surface area contributed by atoms with Crippen molar-refractivity contribution in [3.8, 4) is 0 Å². The summed E-state index contributed by atoms with van der Waals surface area (Å²) in [7, 11) is 2.19. The molecule has 0 amide bonds. The second-order valence-corrected chi connectivity index (χ2v) is 5.54. The van der Waals surface area contributed by atoms with Gasteiger partial charge in [-0.25, -0.2) is 0 Å². The molecule has 3 heteroatoms. The Morgan fingerprint density at radius 2 is 2.00 bits per heavy atom. The molecule has 1 atom stereocenters. The van der Waals surface area contributed by atoms with Crippen molar-refractivity contribution in [2.45, 2.75) is 44.9 Å². The number of benzene rings is 1. The molecule has 1 unspecified atom stereocenters. The molecule has 1 fully saturated rings. The molecule has 1 heterocycles. The van der Waals surface area contributed by atoms with Gasteiger partial charge in [-0.1, -0.05) is 24.3 Å². The third kappa shape index (κ3) is 4.94. The molecule has 106 valence electrons. The van der Waals surface area contributed by atoms with Crippen molar-refractivity contribution in [1.29, 1.82) is 0 Å². The van der Waals surface area contributed by atoms with Crippen LogP contribution in [0.4, 0.5) is 0 Å². The Bertz CT molecular complexity index is 358. The van der Waals surface area contributed by atoms with Gasteiger partial charge >= 0.3 is 0 Å². The SMILES string of the molecule is CN(CCCC1CCCO1)Cc1ccc(CN)cc1. The molecule has 1 aliphatic rings. The van der Waals surface area contributed by atoms with Crippen molar-refractivity contribution < 1.29 is 4.74 Å². The minimum Gasteiger partial charge on any atom is -0.378 e. The minimum absolute atomic E-state index is 0.525. The van der Waals surface area contributed by atoms with Crippen molar-refractivity contribution in [2.24, 2.45) is 5.73 Å². The first-order valence-corrected chi connectivity index (χ1v) is 7.36. The highest BCUT2D eigenvalue weighted by molar-refractivity contribution is 5.22. The van der Waals surface area contributed by atoms with Crippen molar-refractivity contribution >= 4 is 0 Å². The Balaban J connectivity index is 1.66. The van der Waals surface area contributed by atoms with Gasteiger partial charge < -0.3 is 15.4 Å². The summed E-state index contributed by atoms with van der Waals surface area (Å²) in [6.07, 6.45) is 5.45. The summed E-state index contributed by atoms with van der Waals surface area (Å²) in [5.74, 6) is 0. The smallest absolute Gasteiger partial charge is 0.0576 e. The van der Waals surface area contributed by atoms with Crippen LogP contribution in [-0.4, -0.2) is 31.2 Å². The maximum atomic E-state index is 5.65. The molecule has 0 spiro atoms. The van der Waals surface area contributed by atoms with Gasteiger partial charge in [0.2, 0.25) is 0 Å². The molecule has 2 N–H and O–H groups in total. The van der Waals surface area contributed by atoms with Crippen LogP contribution >= 0.6 is 0 Å². The van der Waals surface area contributed by atoms with Gasteiger partial charge in [0.25, 0.3) is 0 Å². The lowest BCUT2D eigenvalue weighted by molar-refractivity contribution is 0.0995. The molecule has 0 aromatic heterocycles. The van der Waals surface area contributed by atoms with Crippen LogP contribution in [0.15, 0.2) is 24.3 Å². The largest absolute Gasteiger partial charge is 0.378 e. The third-order valence-electron chi connectivity index (χ3n) is 3.80. The highest BCUT2D eigenvalue weighted by atomic mass is 16.5. The van der Waals surface area contributed by atoms with Gasteiger partial charge in [-0.15, -0.1) is 0 Å². The molecule has 1 aromatic rings. The van der Waals surface area contributed by atoms with Crippen molar-refractivity contribution in [3.05, 3.63) is 35.4 Å². The summed E-state index contributed by atoms with van der Waals surface area (Å²) in [5, 5.41) is 0. The molecular formula is C16H26N2O. The standard InChI is InChI=1S/C16H26N2O/c1-18(10-2-4-16-5-3-11-19-16)13-15-8-6-14(12-17)7-9-15/h6-9,16H,2-5,10-13,17H2,1H3. The highest BCUT2D eigenvalue weighted by Gasteiger charge is 2.14. The number of nitrogens with two attached hydrogens (primary N) is 1. The van der Waals surface area contributed by atoms with Gasteiger partial charge in [-0.2, -0.15) is 0 Å². The fourth-order valence-corrected chi connectivity index (χ4v) is 2.63. The van der Waals surface area contributed by atoms with E-state index in [1.165, 1.54) is 36.8 Å². The molecule has 1 aromatic carbocycles. The van der Waals surface area contributed by atoms with Crippen molar-refractivity contribution in [3.63, 3.8) is 0 Å². The zero-order chi connectivity index (χ0) is 13.5. The van der Waals surface area contributed by atoms with Crippen molar-refractivity contribution in [1.82, 2.24) is 4.90 Å². The Morgan fingerprint density at radius 3 is 2.63 bits per heavy atom. The predicted molar refractivity (Wildman–Crippen MR) is 78.9 cm³/mol. The topological polar surface area (TPSA) is 38.5 Å². The number of hydrogen-bond acceptors (Lipinski definition) is 3.